The van der Waals surface area contributed by atoms with Crippen LogP contribution >= 0.6 is 11.6 Å². The number of halogens is 6. The molecule has 2 aromatic heterocycles. The Hall–Kier alpha value is -3.67. The molecule has 0 aliphatic rings. The number of benzene rings is 2. The van der Waals surface area contributed by atoms with Gasteiger partial charge in [0.25, 0.3) is 5.78 Å². The lowest BCUT2D eigenvalue weighted by atomic mass is 10.1. The van der Waals surface area contributed by atoms with Crippen LogP contribution in [0.3, 0.4) is 0 Å². The number of nitrogens with zero attached hydrogens (tertiary/aromatic N) is 4. The van der Waals surface area contributed by atoms with E-state index in [2.05, 4.69) is 25.7 Å². The van der Waals surface area contributed by atoms with Crippen LogP contribution in [0.2, 0.25) is 5.15 Å². The predicted molar refractivity (Wildman–Crippen MR) is 125 cm³/mol. The van der Waals surface area contributed by atoms with Gasteiger partial charge in [0.2, 0.25) is 0 Å². The van der Waals surface area contributed by atoms with E-state index >= 15 is 8.78 Å². The van der Waals surface area contributed by atoms with Gasteiger partial charge in [-0.25, -0.2) is 8.78 Å². The first-order chi connectivity index (χ1) is 17.1. The van der Waals surface area contributed by atoms with Gasteiger partial charge in [0.15, 0.2) is 0 Å². The molecule has 2 N–H and O–H groups in total. The maximum atomic E-state index is 15.1. The van der Waals surface area contributed by atoms with Crippen molar-refractivity contribution < 1.29 is 26.7 Å². The van der Waals surface area contributed by atoms with E-state index in [0.29, 0.717) is 13.0 Å². The van der Waals surface area contributed by atoms with Crippen molar-refractivity contribution in [3.63, 3.8) is 0 Å². The topological polar surface area (TPSA) is 76.4 Å². The molecule has 0 saturated carbocycles. The minimum Gasteiger partial charge on any atom is -0.493 e. The summed E-state index contributed by atoms with van der Waals surface area (Å²) in [6.07, 6.45) is -3.09. The van der Waals surface area contributed by atoms with Crippen LogP contribution in [0.15, 0.2) is 48.8 Å². The van der Waals surface area contributed by atoms with Crippen LogP contribution in [0.25, 0.3) is 16.9 Å². The molecule has 0 bridgehead atoms. The van der Waals surface area contributed by atoms with Crippen molar-refractivity contribution >= 4 is 28.9 Å². The second-order valence-electron chi connectivity index (χ2n) is 7.76. The van der Waals surface area contributed by atoms with Crippen molar-refractivity contribution in [3.8, 4) is 16.9 Å². The Balaban J connectivity index is 1.58. The summed E-state index contributed by atoms with van der Waals surface area (Å²) in [6, 6.07) is 9.24. The lowest BCUT2D eigenvalue weighted by molar-refractivity contribution is -0.138. The van der Waals surface area contributed by atoms with Gasteiger partial charge in [0.05, 0.1) is 17.7 Å². The summed E-state index contributed by atoms with van der Waals surface area (Å²) in [6.45, 7) is 1.58. The van der Waals surface area contributed by atoms with E-state index in [1.54, 1.807) is 0 Å². The van der Waals surface area contributed by atoms with Gasteiger partial charge >= 0.3 is 6.18 Å². The third-order valence-corrected chi connectivity index (χ3v) is 5.46. The number of anilines is 2. The first-order valence-electron chi connectivity index (χ1n) is 10.8. The molecule has 36 heavy (non-hydrogen) atoms. The first-order valence-corrected chi connectivity index (χ1v) is 11.2. The molecule has 7 nitrogen and oxygen atoms in total. The Labute approximate surface area is 207 Å². The van der Waals surface area contributed by atoms with Crippen molar-refractivity contribution in [1.29, 1.82) is 0 Å². The van der Waals surface area contributed by atoms with Crippen LogP contribution in [0, 0.1) is 11.6 Å². The number of ether oxygens (including phenoxy) is 1. The smallest absolute Gasteiger partial charge is 0.408 e. The number of hydrogen-bond donors (Lipinski definition) is 2. The molecule has 0 spiro atoms. The molecule has 0 unspecified atom stereocenters. The third-order valence-electron chi connectivity index (χ3n) is 5.19. The second kappa shape index (κ2) is 10.5. The number of rotatable bonds is 9. The number of alkyl halides is 3. The van der Waals surface area contributed by atoms with E-state index < -0.39 is 46.0 Å². The van der Waals surface area contributed by atoms with Crippen molar-refractivity contribution in [3.05, 3.63) is 65.6 Å². The lowest BCUT2D eigenvalue weighted by Crippen LogP contribution is -2.34. The molecule has 0 saturated heterocycles. The molecule has 0 radical (unpaired) electrons. The molecule has 2 heterocycles. The fourth-order valence-electron chi connectivity index (χ4n) is 3.38. The summed E-state index contributed by atoms with van der Waals surface area (Å²) in [5.74, 6) is -2.84. The summed E-state index contributed by atoms with van der Waals surface area (Å²) in [5.41, 5.74) is -0.183. The Morgan fingerprint density at radius 1 is 1.08 bits per heavy atom. The molecule has 2 aromatic carbocycles. The zero-order chi connectivity index (χ0) is 25.9. The zero-order valence-corrected chi connectivity index (χ0v) is 19.5. The highest BCUT2D eigenvalue weighted by Crippen LogP contribution is 2.39. The molecular formula is C23H20ClF5N6O. The largest absolute Gasteiger partial charge is 0.493 e. The van der Waals surface area contributed by atoms with Gasteiger partial charge < -0.3 is 15.4 Å². The van der Waals surface area contributed by atoms with Gasteiger partial charge in [0, 0.05) is 24.4 Å². The third kappa shape index (κ3) is 5.59. The van der Waals surface area contributed by atoms with Crippen LogP contribution in [0.4, 0.5) is 33.5 Å². The zero-order valence-electron chi connectivity index (χ0n) is 18.8. The fourth-order valence-corrected chi connectivity index (χ4v) is 3.64. The van der Waals surface area contributed by atoms with Crippen LogP contribution in [0.5, 0.6) is 5.75 Å². The van der Waals surface area contributed by atoms with E-state index in [1.165, 1.54) is 0 Å². The Morgan fingerprint density at radius 2 is 1.78 bits per heavy atom. The van der Waals surface area contributed by atoms with Gasteiger partial charge in [-0.15, -0.1) is 0 Å². The minimum absolute atomic E-state index is 0.0856. The van der Waals surface area contributed by atoms with Gasteiger partial charge in [0.1, 0.15) is 40.7 Å². The van der Waals surface area contributed by atoms with E-state index in [9.17, 15) is 13.2 Å². The van der Waals surface area contributed by atoms with Crippen LogP contribution < -0.4 is 15.4 Å². The molecule has 0 fully saturated rings. The predicted octanol–water partition coefficient (Wildman–Crippen LogP) is 5.97. The second-order valence-corrected chi connectivity index (χ2v) is 8.12. The van der Waals surface area contributed by atoms with Crippen molar-refractivity contribution in [2.75, 3.05) is 23.8 Å². The molecule has 4 aromatic rings. The standard InChI is InChI=1S/C23H20ClF5N6O/c1-13(23(27,28)29)33-21-19(20(24)34-22-31-12-32-35(21)22)18-16(25)10-15(11-17(18)26)36-9-5-8-30-14-6-3-2-4-7-14/h2-4,6-7,10-13,30,33H,5,8-9H2,1H3/t13-/m0/s1. The maximum absolute atomic E-state index is 15.1. The quantitative estimate of drug-likeness (QED) is 0.159. The van der Waals surface area contributed by atoms with E-state index in [-0.39, 0.29) is 18.1 Å². The molecule has 0 aliphatic carbocycles. The molecule has 4 rings (SSSR count). The number of nitrogens with one attached hydrogen (secondary N) is 2. The maximum Gasteiger partial charge on any atom is 0.408 e. The van der Waals surface area contributed by atoms with Crippen LogP contribution in [-0.2, 0) is 0 Å². The molecule has 1 atom stereocenters. The van der Waals surface area contributed by atoms with Gasteiger partial charge in [-0.05, 0) is 25.5 Å². The Bertz CT molecular complexity index is 1330. The summed E-state index contributed by atoms with van der Waals surface area (Å²) in [4.78, 5) is 7.70. The highest BCUT2D eigenvalue weighted by atomic mass is 35.5. The van der Waals surface area contributed by atoms with Gasteiger partial charge in [-0.2, -0.15) is 32.8 Å². The van der Waals surface area contributed by atoms with Gasteiger partial charge in [-0.1, -0.05) is 29.8 Å². The Kier molecular flexibility index (Phi) is 7.43. The summed E-state index contributed by atoms with van der Waals surface area (Å²) >= 11 is 6.17. The van der Waals surface area contributed by atoms with Crippen LogP contribution in [0.1, 0.15) is 13.3 Å². The van der Waals surface area contributed by atoms with Crippen molar-refractivity contribution in [1.82, 2.24) is 19.6 Å². The number of aromatic nitrogens is 4. The van der Waals surface area contributed by atoms with E-state index in [4.69, 9.17) is 16.3 Å². The average Bonchev–Trinajstić information content (AvgIpc) is 3.28. The lowest BCUT2D eigenvalue weighted by Gasteiger charge is -2.21. The molecule has 190 valence electrons. The SMILES string of the molecule is C[C@H](Nc1c(-c2c(F)cc(OCCCNc3ccccc3)cc2F)c(Cl)nc2ncnn12)C(F)(F)F. The fraction of sp³-hybridized carbons (Fsp3) is 0.261. The van der Waals surface area contributed by atoms with Crippen molar-refractivity contribution in [2.24, 2.45) is 0 Å². The monoisotopic (exact) mass is 526 g/mol. The summed E-state index contributed by atoms with van der Waals surface area (Å²) < 4.78 is 76.4. The average molecular weight is 527 g/mol. The molecule has 0 amide bonds. The van der Waals surface area contributed by atoms with E-state index in [0.717, 1.165) is 35.6 Å². The first kappa shape index (κ1) is 25.4. The normalized spacial score (nSPS) is 12.5. The molecule has 0 aliphatic heterocycles. The number of hydrogen-bond acceptors (Lipinski definition) is 6. The number of para-hydroxylation sites is 1. The van der Waals surface area contributed by atoms with Gasteiger partial charge in [-0.3, -0.25) is 0 Å². The molecule has 13 heteroatoms. The van der Waals surface area contributed by atoms with Crippen molar-refractivity contribution in [2.45, 2.75) is 25.6 Å². The molecular weight excluding hydrogens is 507 g/mol. The number of fused-ring (bicyclic) bond motifs is 1. The summed E-state index contributed by atoms with van der Waals surface area (Å²) in [5, 5.41) is 8.74. The minimum atomic E-state index is -4.66. The highest BCUT2D eigenvalue weighted by molar-refractivity contribution is 6.33. The van der Waals surface area contributed by atoms with Crippen LogP contribution in [-0.4, -0.2) is 45.0 Å². The summed E-state index contributed by atoms with van der Waals surface area (Å²) in [7, 11) is 0. The Morgan fingerprint density at radius 3 is 2.44 bits per heavy atom. The van der Waals surface area contributed by atoms with E-state index in [1.807, 2.05) is 30.3 Å². The highest BCUT2D eigenvalue weighted by Gasteiger charge is 2.37.